The number of nitrogens with zero attached hydrogens (tertiary/aromatic N) is 6. The van der Waals surface area contributed by atoms with E-state index >= 15 is 0 Å². The molecule has 2 atom stereocenters. The van der Waals surface area contributed by atoms with Crippen LogP contribution in [0.25, 0.3) is 16.9 Å². The number of benzene rings is 1. The summed E-state index contributed by atoms with van der Waals surface area (Å²) in [7, 11) is 1.84. The molecule has 1 fully saturated rings. The maximum absolute atomic E-state index is 13.9. The van der Waals surface area contributed by atoms with Gasteiger partial charge in [0.1, 0.15) is 11.9 Å². The molecular weight excluding hydrogens is 335 g/mol. The largest absolute Gasteiger partial charge is 0.507 e. The Morgan fingerprint density at radius 3 is 2.69 bits per heavy atom. The first-order chi connectivity index (χ1) is 12.6. The number of aromatic nitrogens is 5. The van der Waals surface area contributed by atoms with Crippen molar-refractivity contribution in [2.45, 2.75) is 31.5 Å². The number of phenols is 1. The number of phenolic OH excluding ortho intramolecular Hbond substituents is 1. The molecule has 1 aliphatic carbocycles. The molecule has 1 N–H and O–H groups in total. The number of hydrogen-bond acceptors (Lipinski definition) is 6. The number of rotatable bonds is 4. The van der Waals surface area contributed by atoms with Crippen LogP contribution in [-0.2, 0) is 0 Å². The second kappa shape index (κ2) is 6.70. The first-order valence-corrected chi connectivity index (χ1v) is 8.54. The number of hydrogen-bond donors (Lipinski definition) is 1. The molecule has 1 saturated carbocycles. The van der Waals surface area contributed by atoms with Crippen LogP contribution in [0.2, 0.25) is 0 Å². The Hall–Kier alpha value is -3.03. The van der Waals surface area contributed by atoms with Gasteiger partial charge in [-0.25, -0.2) is 9.07 Å². The zero-order valence-corrected chi connectivity index (χ0v) is 14.3. The lowest BCUT2D eigenvalue weighted by Gasteiger charge is -2.26. The molecule has 1 aliphatic rings. The van der Waals surface area contributed by atoms with Gasteiger partial charge < -0.3 is 10.0 Å². The molecule has 0 saturated heterocycles. The maximum Gasteiger partial charge on any atom is 0.151 e. The van der Waals surface area contributed by atoms with E-state index in [0.717, 1.165) is 12.8 Å². The van der Waals surface area contributed by atoms with E-state index in [4.69, 9.17) is 0 Å². The predicted octanol–water partition coefficient (Wildman–Crippen LogP) is 2.76. The molecule has 26 heavy (non-hydrogen) atoms. The summed E-state index contributed by atoms with van der Waals surface area (Å²) in [5.41, 5.74) is 1.82. The fourth-order valence-electron chi connectivity index (χ4n) is 3.38. The van der Waals surface area contributed by atoms with Gasteiger partial charge in [-0.1, -0.05) is 5.21 Å². The van der Waals surface area contributed by atoms with Gasteiger partial charge in [0.25, 0.3) is 0 Å². The van der Waals surface area contributed by atoms with E-state index < -0.39 is 6.17 Å². The molecule has 0 amide bonds. The van der Waals surface area contributed by atoms with Gasteiger partial charge in [-0.05, 0) is 43.5 Å². The van der Waals surface area contributed by atoms with E-state index in [2.05, 4.69) is 20.5 Å². The van der Waals surface area contributed by atoms with Crippen molar-refractivity contribution in [1.29, 1.82) is 0 Å². The molecule has 1 aromatic carbocycles. The molecule has 0 unspecified atom stereocenters. The Bertz CT molecular complexity index is 883. The molecule has 4 rings (SSSR count). The maximum atomic E-state index is 13.9. The molecule has 0 bridgehead atoms. The zero-order chi connectivity index (χ0) is 18.1. The second-order valence-electron chi connectivity index (χ2n) is 6.45. The van der Waals surface area contributed by atoms with Gasteiger partial charge in [0, 0.05) is 18.7 Å². The van der Waals surface area contributed by atoms with Crippen LogP contribution in [0.3, 0.4) is 0 Å². The van der Waals surface area contributed by atoms with Gasteiger partial charge in [0.15, 0.2) is 5.82 Å². The highest BCUT2D eigenvalue weighted by atomic mass is 19.1. The van der Waals surface area contributed by atoms with Crippen LogP contribution in [-0.4, -0.2) is 49.6 Å². The second-order valence-corrected chi connectivity index (χ2v) is 6.45. The molecule has 8 heteroatoms. The van der Waals surface area contributed by atoms with Crippen LogP contribution >= 0.6 is 0 Å². The third kappa shape index (κ3) is 2.98. The fourth-order valence-corrected chi connectivity index (χ4v) is 3.38. The van der Waals surface area contributed by atoms with E-state index in [9.17, 15) is 9.50 Å². The standard InChI is InChI=1S/C18H19FN6O/c1-24(16-4-2-3-14(16)19)18-8-7-15(21-22-18)13-6-5-12(11-17(13)26)25-10-9-20-23-25/h5-11,14,16,26H,2-4H2,1H3/t14-,16-/m0/s1. The van der Waals surface area contributed by atoms with Crippen molar-refractivity contribution in [1.82, 2.24) is 25.2 Å². The molecule has 7 nitrogen and oxygen atoms in total. The monoisotopic (exact) mass is 354 g/mol. The molecule has 3 aromatic rings. The van der Waals surface area contributed by atoms with Gasteiger partial charge in [-0.15, -0.1) is 15.3 Å². The average Bonchev–Trinajstić information content (AvgIpc) is 3.33. The molecule has 0 aliphatic heterocycles. The van der Waals surface area contributed by atoms with Crippen molar-refractivity contribution in [3.8, 4) is 22.7 Å². The van der Waals surface area contributed by atoms with Crippen LogP contribution < -0.4 is 4.90 Å². The lowest BCUT2D eigenvalue weighted by molar-refractivity contribution is 0.306. The fraction of sp³-hybridized carbons (Fsp3) is 0.333. The summed E-state index contributed by atoms with van der Waals surface area (Å²) in [5, 5.41) is 26.4. The summed E-state index contributed by atoms with van der Waals surface area (Å²) in [6.07, 6.45) is 4.76. The zero-order valence-electron chi connectivity index (χ0n) is 14.3. The minimum Gasteiger partial charge on any atom is -0.507 e. The smallest absolute Gasteiger partial charge is 0.151 e. The van der Waals surface area contributed by atoms with Gasteiger partial charge in [0.2, 0.25) is 0 Å². The van der Waals surface area contributed by atoms with E-state index in [0.29, 0.717) is 29.2 Å². The first-order valence-electron chi connectivity index (χ1n) is 8.54. The molecule has 0 radical (unpaired) electrons. The van der Waals surface area contributed by atoms with E-state index in [1.807, 2.05) is 18.0 Å². The summed E-state index contributed by atoms with van der Waals surface area (Å²) < 4.78 is 15.5. The average molecular weight is 354 g/mol. The number of halogens is 1. The number of alkyl halides is 1. The van der Waals surface area contributed by atoms with E-state index in [1.54, 1.807) is 41.3 Å². The lowest BCUT2D eigenvalue weighted by atomic mass is 10.1. The van der Waals surface area contributed by atoms with Crippen molar-refractivity contribution in [3.05, 3.63) is 42.7 Å². The van der Waals surface area contributed by atoms with Crippen molar-refractivity contribution in [2.75, 3.05) is 11.9 Å². The van der Waals surface area contributed by atoms with Gasteiger partial charge >= 0.3 is 0 Å². The molecule has 134 valence electrons. The minimum atomic E-state index is -0.824. The number of anilines is 1. The van der Waals surface area contributed by atoms with Crippen molar-refractivity contribution >= 4 is 5.82 Å². The summed E-state index contributed by atoms with van der Waals surface area (Å²) in [4.78, 5) is 1.85. The highest BCUT2D eigenvalue weighted by Crippen LogP contribution is 2.31. The lowest BCUT2D eigenvalue weighted by Crippen LogP contribution is -2.36. The number of aromatic hydroxyl groups is 1. The summed E-state index contributed by atoms with van der Waals surface area (Å²) in [6, 6.07) is 8.61. The van der Waals surface area contributed by atoms with Crippen LogP contribution in [0.4, 0.5) is 10.2 Å². The summed E-state index contributed by atoms with van der Waals surface area (Å²) >= 11 is 0. The van der Waals surface area contributed by atoms with Crippen molar-refractivity contribution in [2.24, 2.45) is 0 Å². The van der Waals surface area contributed by atoms with E-state index in [1.165, 1.54) is 0 Å². The third-order valence-electron chi connectivity index (χ3n) is 4.85. The first kappa shape index (κ1) is 16.4. The normalized spacial score (nSPS) is 19.6. The summed E-state index contributed by atoms with van der Waals surface area (Å²) in [6.45, 7) is 0. The Kier molecular flexibility index (Phi) is 4.24. The molecule has 0 spiro atoms. The summed E-state index contributed by atoms with van der Waals surface area (Å²) in [5.74, 6) is 0.704. The Labute approximate surface area is 150 Å². The van der Waals surface area contributed by atoms with Crippen LogP contribution in [0, 0.1) is 0 Å². The van der Waals surface area contributed by atoms with Crippen LogP contribution in [0.1, 0.15) is 19.3 Å². The highest BCUT2D eigenvalue weighted by Gasteiger charge is 2.31. The van der Waals surface area contributed by atoms with Gasteiger partial charge in [0.05, 0.1) is 29.8 Å². The molecule has 2 aromatic heterocycles. The molecular formula is C18H19FN6O. The predicted molar refractivity (Wildman–Crippen MR) is 95.0 cm³/mol. The Morgan fingerprint density at radius 1 is 1.19 bits per heavy atom. The highest BCUT2D eigenvalue weighted by molar-refractivity contribution is 5.68. The quantitative estimate of drug-likeness (QED) is 0.776. The van der Waals surface area contributed by atoms with Crippen molar-refractivity contribution < 1.29 is 9.50 Å². The van der Waals surface area contributed by atoms with E-state index in [-0.39, 0.29) is 11.8 Å². The third-order valence-corrected chi connectivity index (χ3v) is 4.85. The van der Waals surface area contributed by atoms with Crippen LogP contribution in [0.15, 0.2) is 42.7 Å². The topological polar surface area (TPSA) is 80.0 Å². The van der Waals surface area contributed by atoms with Crippen molar-refractivity contribution in [3.63, 3.8) is 0 Å². The van der Waals surface area contributed by atoms with Gasteiger partial charge in [-0.2, -0.15) is 0 Å². The van der Waals surface area contributed by atoms with Crippen LogP contribution in [0.5, 0.6) is 5.75 Å². The minimum absolute atomic E-state index is 0.0769. The van der Waals surface area contributed by atoms with Gasteiger partial charge in [-0.3, -0.25) is 0 Å². The SMILES string of the molecule is CN(c1ccc(-c2ccc(-n3ccnn3)cc2O)nn1)[C@H]1CCC[C@@H]1F. The Balaban J connectivity index is 1.57. The Morgan fingerprint density at radius 2 is 2.08 bits per heavy atom. The molecule has 2 heterocycles.